The number of carbonyl (C=O) groups is 1. The maximum absolute atomic E-state index is 12.9. The van der Waals surface area contributed by atoms with Crippen LogP contribution >= 0.6 is 0 Å². The molecule has 1 atom stereocenters. The number of nitrogens with one attached hydrogen (secondary N) is 2. The molecular weight excluding hydrogens is 355 g/mol. The molecule has 0 saturated carbocycles. The maximum atomic E-state index is 12.9. The Bertz CT molecular complexity index is 956. The summed E-state index contributed by atoms with van der Waals surface area (Å²) in [5.41, 5.74) is -0.681. The van der Waals surface area contributed by atoms with Gasteiger partial charge in [-0.15, -0.1) is 0 Å². The third kappa shape index (κ3) is 4.97. The Morgan fingerprint density at radius 1 is 1.37 bits per heavy atom. The first-order valence-electron chi connectivity index (χ1n) is 8.11. The van der Waals surface area contributed by atoms with Crippen LogP contribution in [-0.2, 0) is 13.2 Å². The van der Waals surface area contributed by atoms with Crippen LogP contribution in [0.4, 0.5) is 4.39 Å². The molecule has 2 heterocycles. The molecule has 0 aliphatic carbocycles. The molecule has 1 amide bonds. The second-order valence-corrected chi connectivity index (χ2v) is 5.81. The number of amides is 1. The highest BCUT2D eigenvalue weighted by Gasteiger charge is 2.15. The lowest BCUT2D eigenvalue weighted by Gasteiger charge is -2.13. The number of aromatic nitrogens is 5. The van der Waals surface area contributed by atoms with Crippen molar-refractivity contribution >= 4 is 5.91 Å². The van der Waals surface area contributed by atoms with Gasteiger partial charge >= 0.3 is 0 Å². The van der Waals surface area contributed by atoms with Gasteiger partial charge in [0.1, 0.15) is 42.2 Å². The predicted molar refractivity (Wildman–Crippen MR) is 92.5 cm³/mol. The first-order valence-corrected chi connectivity index (χ1v) is 8.11. The summed E-state index contributed by atoms with van der Waals surface area (Å²) in [5.74, 6) is -0.232. The molecule has 27 heavy (non-hydrogen) atoms. The van der Waals surface area contributed by atoms with Crippen LogP contribution in [-0.4, -0.2) is 36.7 Å². The van der Waals surface area contributed by atoms with E-state index in [-0.39, 0.29) is 29.9 Å². The first kappa shape index (κ1) is 18.2. The van der Waals surface area contributed by atoms with Crippen molar-refractivity contribution in [1.82, 2.24) is 30.0 Å². The highest BCUT2D eigenvalue weighted by atomic mass is 19.1. The fourth-order valence-corrected chi connectivity index (χ4v) is 2.30. The van der Waals surface area contributed by atoms with Crippen molar-refractivity contribution < 1.29 is 13.9 Å². The van der Waals surface area contributed by atoms with Gasteiger partial charge in [0.2, 0.25) is 0 Å². The SMILES string of the molecule is C[C@H](Cn1cncn1)NC(=O)c1cnc(COc2ccc(F)cc2)[nH]c1=O. The van der Waals surface area contributed by atoms with Gasteiger partial charge in [-0.25, -0.2) is 14.4 Å². The average Bonchev–Trinajstić information content (AvgIpc) is 3.14. The minimum absolute atomic E-state index is 0.0223. The third-order valence-electron chi connectivity index (χ3n) is 3.59. The van der Waals surface area contributed by atoms with E-state index in [0.717, 1.165) is 0 Å². The highest BCUT2D eigenvalue weighted by molar-refractivity contribution is 5.93. The highest BCUT2D eigenvalue weighted by Crippen LogP contribution is 2.12. The molecule has 2 N–H and O–H groups in total. The van der Waals surface area contributed by atoms with E-state index in [1.165, 1.54) is 43.1 Å². The molecule has 0 aliphatic rings. The maximum Gasteiger partial charge on any atom is 0.263 e. The minimum Gasteiger partial charge on any atom is -0.486 e. The monoisotopic (exact) mass is 372 g/mol. The molecule has 3 aromatic rings. The zero-order chi connectivity index (χ0) is 19.2. The van der Waals surface area contributed by atoms with E-state index in [0.29, 0.717) is 12.3 Å². The Hall–Kier alpha value is -3.56. The average molecular weight is 372 g/mol. The topological polar surface area (TPSA) is 115 Å². The molecule has 0 fully saturated rings. The van der Waals surface area contributed by atoms with Gasteiger partial charge in [0.25, 0.3) is 11.5 Å². The van der Waals surface area contributed by atoms with Crippen LogP contribution in [0.5, 0.6) is 5.75 Å². The second-order valence-electron chi connectivity index (χ2n) is 5.81. The number of rotatable bonds is 7. The Morgan fingerprint density at radius 3 is 2.81 bits per heavy atom. The van der Waals surface area contributed by atoms with E-state index in [1.807, 2.05) is 0 Å². The molecule has 0 radical (unpaired) electrons. The molecular formula is C17H17FN6O3. The standard InChI is InChI=1S/C17H17FN6O3/c1-11(7-24-10-19-9-21-24)22-16(25)14-6-20-15(23-17(14)26)8-27-13-4-2-12(18)3-5-13/h2-6,9-11H,7-8H2,1H3,(H,22,25)(H,20,23,26)/t11-/m1/s1. The van der Waals surface area contributed by atoms with Crippen LogP contribution in [0.3, 0.4) is 0 Å². The number of aromatic amines is 1. The number of hydrogen-bond donors (Lipinski definition) is 2. The minimum atomic E-state index is -0.576. The van der Waals surface area contributed by atoms with Gasteiger partial charge in [-0.2, -0.15) is 5.10 Å². The molecule has 0 bridgehead atoms. The number of nitrogens with zero attached hydrogens (tertiary/aromatic N) is 4. The summed E-state index contributed by atoms with van der Waals surface area (Å²) in [6, 6.07) is 5.19. The molecule has 1 aromatic carbocycles. The molecule has 0 aliphatic heterocycles. The summed E-state index contributed by atoms with van der Waals surface area (Å²) >= 11 is 0. The van der Waals surface area contributed by atoms with Crippen molar-refractivity contribution in [3.8, 4) is 5.75 Å². The number of ether oxygens (including phenoxy) is 1. The van der Waals surface area contributed by atoms with Gasteiger partial charge in [-0.3, -0.25) is 14.3 Å². The molecule has 3 rings (SSSR count). The normalized spacial score (nSPS) is 11.8. The van der Waals surface area contributed by atoms with Crippen molar-refractivity contribution in [3.05, 3.63) is 70.7 Å². The molecule has 0 spiro atoms. The molecule has 140 valence electrons. The summed E-state index contributed by atoms with van der Waals surface area (Å²) in [4.78, 5) is 34.8. The van der Waals surface area contributed by atoms with Crippen molar-refractivity contribution in [1.29, 1.82) is 0 Å². The molecule has 9 nitrogen and oxygen atoms in total. The largest absolute Gasteiger partial charge is 0.486 e. The predicted octanol–water partition coefficient (Wildman–Crippen LogP) is 0.898. The van der Waals surface area contributed by atoms with Gasteiger partial charge < -0.3 is 15.0 Å². The van der Waals surface area contributed by atoms with Gasteiger partial charge in [0.15, 0.2) is 0 Å². The van der Waals surface area contributed by atoms with E-state index in [2.05, 4.69) is 25.4 Å². The van der Waals surface area contributed by atoms with Gasteiger partial charge in [-0.1, -0.05) is 0 Å². The van der Waals surface area contributed by atoms with Crippen molar-refractivity contribution in [3.63, 3.8) is 0 Å². The summed E-state index contributed by atoms with van der Waals surface area (Å²) in [7, 11) is 0. The van der Waals surface area contributed by atoms with Crippen LogP contribution in [0.25, 0.3) is 0 Å². The molecule has 0 unspecified atom stereocenters. The Balaban J connectivity index is 1.59. The van der Waals surface area contributed by atoms with E-state index in [1.54, 1.807) is 11.6 Å². The lowest BCUT2D eigenvalue weighted by atomic mass is 10.2. The molecule has 2 aromatic heterocycles. The number of halogens is 1. The summed E-state index contributed by atoms with van der Waals surface area (Å²) in [6.07, 6.45) is 4.13. The summed E-state index contributed by atoms with van der Waals surface area (Å²) < 4.78 is 19.8. The first-order chi connectivity index (χ1) is 13.0. The van der Waals surface area contributed by atoms with E-state index in [4.69, 9.17) is 4.74 Å². The fourth-order valence-electron chi connectivity index (χ4n) is 2.30. The lowest BCUT2D eigenvalue weighted by Crippen LogP contribution is -2.38. The smallest absolute Gasteiger partial charge is 0.263 e. The van der Waals surface area contributed by atoms with E-state index in [9.17, 15) is 14.0 Å². The van der Waals surface area contributed by atoms with Crippen molar-refractivity contribution in [2.75, 3.05) is 0 Å². The summed E-state index contributed by atoms with van der Waals surface area (Å²) in [5, 5.41) is 6.66. The number of H-pyrrole nitrogens is 1. The lowest BCUT2D eigenvalue weighted by molar-refractivity contribution is 0.0934. The zero-order valence-electron chi connectivity index (χ0n) is 14.4. The molecule has 0 saturated heterocycles. The fraction of sp³-hybridized carbons (Fsp3) is 0.235. The van der Waals surface area contributed by atoms with Gasteiger partial charge in [0, 0.05) is 12.2 Å². The number of benzene rings is 1. The van der Waals surface area contributed by atoms with Gasteiger partial charge in [0.05, 0.1) is 6.54 Å². The van der Waals surface area contributed by atoms with Crippen LogP contribution < -0.4 is 15.6 Å². The van der Waals surface area contributed by atoms with E-state index >= 15 is 0 Å². The molecule has 10 heteroatoms. The van der Waals surface area contributed by atoms with Crippen LogP contribution in [0, 0.1) is 5.82 Å². The number of carbonyl (C=O) groups excluding carboxylic acids is 1. The Labute approximate surface area is 153 Å². The Kier molecular flexibility index (Phi) is 5.55. The van der Waals surface area contributed by atoms with Crippen LogP contribution in [0.1, 0.15) is 23.1 Å². The third-order valence-corrected chi connectivity index (χ3v) is 3.59. The zero-order valence-corrected chi connectivity index (χ0v) is 14.4. The summed E-state index contributed by atoms with van der Waals surface area (Å²) in [6.45, 7) is 2.18. The quantitative estimate of drug-likeness (QED) is 0.637. The van der Waals surface area contributed by atoms with Crippen LogP contribution in [0.15, 0.2) is 47.9 Å². The van der Waals surface area contributed by atoms with Crippen molar-refractivity contribution in [2.24, 2.45) is 0 Å². The van der Waals surface area contributed by atoms with Crippen LogP contribution in [0.2, 0.25) is 0 Å². The number of hydrogen-bond acceptors (Lipinski definition) is 6. The Morgan fingerprint density at radius 2 is 2.15 bits per heavy atom. The second kappa shape index (κ2) is 8.21. The van der Waals surface area contributed by atoms with E-state index < -0.39 is 11.5 Å². The van der Waals surface area contributed by atoms with Gasteiger partial charge in [-0.05, 0) is 31.2 Å². The van der Waals surface area contributed by atoms with Crippen molar-refractivity contribution in [2.45, 2.75) is 26.1 Å².